The van der Waals surface area contributed by atoms with Gasteiger partial charge in [0.1, 0.15) is 0 Å². The van der Waals surface area contributed by atoms with E-state index in [9.17, 15) is 0 Å². The van der Waals surface area contributed by atoms with Gasteiger partial charge in [-0.1, -0.05) is 0 Å². The molecule has 1 rings (SSSR count). The molecule has 1 aromatic heterocycles. The van der Waals surface area contributed by atoms with Gasteiger partial charge in [-0.05, 0) is 31.6 Å². The molecule has 11 heavy (non-hydrogen) atoms. The van der Waals surface area contributed by atoms with E-state index in [1.54, 1.807) is 6.20 Å². The molecule has 0 spiro atoms. The number of nitrogens with one attached hydrogen (secondary N) is 1. The Morgan fingerprint density at radius 3 is 2.91 bits per heavy atom. The van der Waals surface area contributed by atoms with Gasteiger partial charge in [-0.2, -0.15) is 0 Å². The number of hydrogen-bond acceptors (Lipinski definition) is 3. The number of halogens is 1. The van der Waals surface area contributed by atoms with Crippen molar-refractivity contribution in [3.8, 4) is 0 Å². The van der Waals surface area contributed by atoms with Crippen LogP contribution in [0.1, 0.15) is 18.7 Å². The zero-order valence-electron chi connectivity index (χ0n) is 6.50. The molecular weight excluding hydrogens is 162 g/mol. The van der Waals surface area contributed by atoms with E-state index in [0.717, 1.165) is 5.69 Å². The highest BCUT2D eigenvalue weighted by Crippen LogP contribution is 2.09. The zero-order chi connectivity index (χ0) is 8.27. The molecule has 0 aliphatic rings. The Morgan fingerprint density at radius 1 is 1.64 bits per heavy atom. The smallest absolute Gasteiger partial charge is 0.222 e. The summed E-state index contributed by atoms with van der Waals surface area (Å²) in [5.41, 5.74) is 0.910. The van der Waals surface area contributed by atoms with E-state index in [1.807, 2.05) is 20.0 Å². The third-order valence-electron chi connectivity index (χ3n) is 1.52. The summed E-state index contributed by atoms with van der Waals surface area (Å²) in [6, 6.07) is 2.06. The van der Waals surface area contributed by atoms with E-state index >= 15 is 0 Å². The van der Waals surface area contributed by atoms with Crippen molar-refractivity contribution in [2.75, 3.05) is 7.05 Å². The van der Waals surface area contributed by atoms with E-state index < -0.39 is 0 Å². The number of nitrogens with zero attached hydrogens (tertiary/aromatic N) is 2. The van der Waals surface area contributed by atoms with Gasteiger partial charge in [-0.15, -0.1) is 0 Å². The van der Waals surface area contributed by atoms with Crippen LogP contribution in [-0.2, 0) is 0 Å². The van der Waals surface area contributed by atoms with Gasteiger partial charge < -0.3 is 5.32 Å². The first kappa shape index (κ1) is 8.43. The maximum absolute atomic E-state index is 5.60. The highest BCUT2D eigenvalue weighted by Gasteiger charge is 2.03. The van der Waals surface area contributed by atoms with Gasteiger partial charge >= 0.3 is 0 Å². The van der Waals surface area contributed by atoms with Crippen LogP contribution in [0, 0.1) is 0 Å². The van der Waals surface area contributed by atoms with Crippen molar-refractivity contribution in [3.63, 3.8) is 0 Å². The van der Waals surface area contributed by atoms with Crippen LogP contribution in [0.2, 0.25) is 5.28 Å². The normalized spacial score (nSPS) is 13.0. The second-order valence-corrected chi connectivity index (χ2v) is 2.60. The molecule has 0 fully saturated rings. The van der Waals surface area contributed by atoms with Crippen LogP contribution in [-0.4, -0.2) is 17.0 Å². The molecule has 4 heteroatoms. The van der Waals surface area contributed by atoms with Gasteiger partial charge in [0.05, 0.1) is 5.69 Å². The molecule has 0 amide bonds. The predicted molar refractivity (Wildman–Crippen MR) is 44.5 cm³/mol. The molecule has 1 unspecified atom stereocenters. The summed E-state index contributed by atoms with van der Waals surface area (Å²) >= 11 is 5.60. The van der Waals surface area contributed by atoms with Crippen LogP contribution in [0.5, 0.6) is 0 Å². The summed E-state index contributed by atoms with van der Waals surface area (Å²) in [7, 11) is 1.88. The van der Waals surface area contributed by atoms with E-state index in [-0.39, 0.29) is 6.04 Å². The lowest BCUT2D eigenvalue weighted by molar-refractivity contribution is 0.631. The van der Waals surface area contributed by atoms with Crippen LogP contribution in [0.4, 0.5) is 0 Å². The summed E-state index contributed by atoms with van der Waals surface area (Å²) in [5, 5.41) is 3.36. The zero-order valence-corrected chi connectivity index (χ0v) is 7.26. The minimum Gasteiger partial charge on any atom is -0.312 e. The van der Waals surface area contributed by atoms with Gasteiger partial charge in [0.25, 0.3) is 0 Å². The first-order chi connectivity index (χ1) is 5.24. The second-order valence-electron chi connectivity index (χ2n) is 2.26. The molecule has 0 aliphatic heterocycles. The lowest BCUT2D eigenvalue weighted by atomic mass is 10.2. The molecule has 0 saturated carbocycles. The Bertz CT molecular complexity index is 239. The summed E-state index contributed by atoms with van der Waals surface area (Å²) in [4.78, 5) is 7.82. The van der Waals surface area contributed by atoms with Gasteiger partial charge in [-0.3, -0.25) is 0 Å². The minimum absolute atomic E-state index is 0.218. The van der Waals surface area contributed by atoms with Crippen LogP contribution in [0.15, 0.2) is 12.3 Å². The Labute approximate surface area is 70.8 Å². The van der Waals surface area contributed by atoms with Gasteiger partial charge in [0.15, 0.2) is 0 Å². The number of rotatable bonds is 2. The maximum Gasteiger partial charge on any atom is 0.222 e. The molecule has 0 aromatic carbocycles. The molecule has 0 aliphatic carbocycles. The van der Waals surface area contributed by atoms with Gasteiger partial charge in [0.2, 0.25) is 5.28 Å². The summed E-state index contributed by atoms with van der Waals surface area (Å²) in [6.07, 6.45) is 1.65. The fourth-order valence-corrected chi connectivity index (χ4v) is 0.891. The number of hydrogen-bond donors (Lipinski definition) is 1. The lowest BCUT2D eigenvalue weighted by Gasteiger charge is -2.07. The summed E-state index contributed by atoms with van der Waals surface area (Å²) < 4.78 is 0. The molecule has 60 valence electrons. The van der Waals surface area contributed by atoms with E-state index in [0.29, 0.717) is 5.28 Å². The average Bonchev–Trinajstić information content (AvgIpc) is 2.03. The summed E-state index contributed by atoms with van der Waals surface area (Å²) in [6.45, 7) is 2.01. The minimum atomic E-state index is 0.218. The van der Waals surface area contributed by atoms with Crippen molar-refractivity contribution in [2.24, 2.45) is 0 Å². The average molecular weight is 172 g/mol. The SMILES string of the molecule is CNC(C)c1ccnc(Cl)n1. The molecule has 0 saturated heterocycles. The quantitative estimate of drug-likeness (QED) is 0.684. The Morgan fingerprint density at radius 2 is 2.36 bits per heavy atom. The van der Waals surface area contributed by atoms with Crippen LogP contribution >= 0.6 is 11.6 Å². The van der Waals surface area contributed by atoms with Crippen LogP contribution in [0.3, 0.4) is 0 Å². The molecule has 0 bridgehead atoms. The standard InChI is InChI=1S/C7H10ClN3/c1-5(9-2)6-3-4-10-7(8)11-6/h3-5,9H,1-2H3. The van der Waals surface area contributed by atoms with Gasteiger partial charge in [0, 0.05) is 12.2 Å². The van der Waals surface area contributed by atoms with Crippen molar-refractivity contribution in [3.05, 3.63) is 23.2 Å². The third-order valence-corrected chi connectivity index (χ3v) is 1.71. The third kappa shape index (κ3) is 2.13. The molecule has 1 N–H and O–H groups in total. The maximum atomic E-state index is 5.60. The van der Waals surface area contributed by atoms with E-state index in [2.05, 4.69) is 15.3 Å². The van der Waals surface area contributed by atoms with E-state index in [1.165, 1.54) is 0 Å². The van der Waals surface area contributed by atoms with Gasteiger partial charge in [-0.25, -0.2) is 9.97 Å². The predicted octanol–water partition coefficient (Wildman–Crippen LogP) is 1.41. The van der Waals surface area contributed by atoms with Crippen molar-refractivity contribution >= 4 is 11.6 Å². The monoisotopic (exact) mass is 171 g/mol. The van der Waals surface area contributed by atoms with Crippen molar-refractivity contribution in [1.82, 2.24) is 15.3 Å². The fraction of sp³-hybridized carbons (Fsp3) is 0.429. The first-order valence-corrected chi connectivity index (χ1v) is 3.77. The molecular formula is C7H10ClN3. The van der Waals surface area contributed by atoms with Crippen molar-refractivity contribution in [1.29, 1.82) is 0 Å². The lowest BCUT2D eigenvalue weighted by Crippen LogP contribution is -2.13. The van der Waals surface area contributed by atoms with Crippen molar-refractivity contribution in [2.45, 2.75) is 13.0 Å². The second kappa shape index (κ2) is 3.64. The molecule has 1 atom stereocenters. The largest absolute Gasteiger partial charge is 0.312 e. The Balaban J connectivity index is 2.86. The van der Waals surface area contributed by atoms with Crippen LogP contribution < -0.4 is 5.32 Å². The molecule has 3 nitrogen and oxygen atoms in total. The molecule has 0 radical (unpaired) electrons. The Hall–Kier alpha value is -0.670. The highest BCUT2D eigenvalue weighted by atomic mass is 35.5. The van der Waals surface area contributed by atoms with Crippen LogP contribution in [0.25, 0.3) is 0 Å². The highest BCUT2D eigenvalue weighted by molar-refractivity contribution is 6.28. The summed E-state index contributed by atoms with van der Waals surface area (Å²) in [5.74, 6) is 0. The molecule has 1 heterocycles. The number of aromatic nitrogens is 2. The van der Waals surface area contributed by atoms with E-state index in [4.69, 9.17) is 11.6 Å². The Kier molecular flexibility index (Phi) is 2.79. The fourth-order valence-electron chi connectivity index (χ4n) is 0.737. The topological polar surface area (TPSA) is 37.8 Å². The van der Waals surface area contributed by atoms with Crippen molar-refractivity contribution < 1.29 is 0 Å². The first-order valence-electron chi connectivity index (χ1n) is 3.39. The molecule has 1 aromatic rings.